The smallest absolute Gasteiger partial charge is 0.258 e. The lowest BCUT2D eigenvalue weighted by Crippen LogP contribution is -2.17. The highest BCUT2D eigenvalue weighted by Gasteiger charge is 2.12. The normalized spacial score (nSPS) is 10.2. The van der Waals surface area contributed by atoms with Crippen molar-refractivity contribution in [3.05, 3.63) is 47.2 Å². The highest BCUT2D eigenvalue weighted by Crippen LogP contribution is 2.14. The van der Waals surface area contributed by atoms with Gasteiger partial charge in [0.05, 0.1) is 7.11 Å². The minimum Gasteiger partial charge on any atom is -0.481 e. The fourth-order valence-electron chi connectivity index (χ4n) is 1.98. The van der Waals surface area contributed by atoms with Gasteiger partial charge in [0, 0.05) is 17.3 Å². The van der Waals surface area contributed by atoms with E-state index in [1.54, 1.807) is 12.1 Å². The van der Waals surface area contributed by atoms with E-state index in [0.29, 0.717) is 30.1 Å². The summed E-state index contributed by atoms with van der Waals surface area (Å²) in [6.45, 7) is 2.29. The molecule has 0 bridgehead atoms. The van der Waals surface area contributed by atoms with Gasteiger partial charge in [-0.15, -0.1) is 0 Å². The van der Waals surface area contributed by atoms with Gasteiger partial charge in [-0.05, 0) is 31.5 Å². The summed E-state index contributed by atoms with van der Waals surface area (Å²) in [5.74, 6) is 0.374. The van der Waals surface area contributed by atoms with Gasteiger partial charge < -0.3 is 10.5 Å². The summed E-state index contributed by atoms with van der Waals surface area (Å²) >= 11 is 0. The number of rotatable bonds is 5. The maximum Gasteiger partial charge on any atom is 0.258 e. The first-order valence-corrected chi connectivity index (χ1v) is 6.63. The van der Waals surface area contributed by atoms with Crippen molar-refractivity contribution in [2.24, 2.45) is 5.73 Å². The topological polar surface area (TPSA) is 90.1 Å². The van der Waals surface area contributed by atoms with Crippen LogP contribution in [0.2, 0.25) is 0 Å². The Hall–Kier alpha value is -2.47. The Morgan fingerprint density at radius 2 is 2.10 bits per heavy atom. The van der Waals surface area contributed by atoms with Gasteiger partial charge in [-0.2, -0.15) is 4.98 Å². The van der Waals surface area contributed by atoms with Crippen molar-refractivity contribution in [1.29, 1.82) is 0 Å². The van der Waals surface area contributed by atoms with Crippen LogP contribution in [0.25, 0.3) is 0 Å². The van der Waals surface area contributed by atoms with Crippen LogP contribution >= 0.6 is 0 Å². The molecule has 0 aliphatic heterocycles. The van der Waals surface area contributed by atoms with Crippen molar-refractivity contribution >= 4 is 11.9 Å². The summed E-state index contributed by atoms with van der Waals surface area (Å²) in [6.07, 6.45) is 0.640. The van der Waals surface area contributed by atoms with E-state index < -0.39 is 0 Å². The van der Waals surface area contributed by atoms with Crippen LogP contribution in [-0.2, 0) is 6.42 Å². The molecule has 1 amide bonds. The molecule has 2 rings (SSSR count). The quantitative estimate of drug-likeness (QED) is 0.870. The second kappa shape index (κ2) is 6.81. The molecule has 6 nitrogen and oxygen atoms in total. The first kappa shape index (κ1) is 14.9. The van der Waals surface area contributed by atoms with Gasteiger partial charge in [0.2, 0.25) is 11.8 Å². The monoisotopic (exact) mass is 286 g/mol. The number of hydrogen-bond acceptors (Lipinski definition) is 5. The number of carbonyl (C=O) groups is 1. The van der Waals surface area contributed by atoms with E-state index in [0.717, 1.165) is 5.56 Å². The Balaban J connectivity index is 2.24. The summed E-state index contributed by atoms with van der Waals surface area (Å²) in [5.41, 5.74) is 7.76. The second-order valence-corrected chi connectivity index (χ2v) is 4.53. The Morgan fingerprint density at radius 1 is 1.33 bits per heavy atom. The van der Waals surface area contributed by atoms with Gasteiger partial charge >= 0.3 is 0 Å². The number of benzene rings is 1. The van der Waals surface area contributed by atoms with Crippen LogP contribution in [-0.4, -0.2) is 29.5 Å². The molecule has 1 aromatic heterocycles. The molecule has 3 N–H and O–H groups in total. The van der Waals surface area contributed by atoms with Crippen LogP contribution in [0.15, 0.2) is 30.3 Å². The summed E-state index contributed by atoms with van der Waals surface area (Å²) in [6, 6.07) is 9.03. The zero-order valence-corrected chi connectivity index (χ0v) is 12.1. The fraction of sp³-hybridized carbons (Fsp3) is 0.267. The maximum atomic E-state index is 12.3. The third kappa shape index (κ3) is 3.76. The van der Waals surface area contributed by atoms with Crippen molar-refractivity contribution in [2.75, 3.05) is 19.0 Å². The average molecular weight is 286 g/mol. The van der Waals surface area contributed by atoms with Crippen LogP contribution < -0.4 is 15.8 Å². The van der Waals surface area contributed by atoms with Crippen LogP contribution in [0.1, 0.15) is 21.6 Å². The summed E-state index contributed by atoms with van der Waals surface area (Å²) in [7, 11) is 1.52. The minimum absolute atomic E-state index is 0.222. The molecule has 0 atom stereocenters. The Bertz CT molecular complexity index is 643. The summed E-state index contributed by atoms with van der Waals surface area (Å²) in [4.78, 5) is 20.6. The van der Waals surface area contributed by atoms with Crippen molar-refractivity contribution in [2.45, 2.75) is 13.3 Å². The van der Waals surface area contributed by atoms with Crippen molar-refractivity contribution < 1.29 is 9.53 Å². The van der Waals surface area contributed by atoms with E-state index in [1.807, 2.05) is 25.1 Å². The molecule has 0 saturated carbocycles. The number of aromatic nitrogens is 2. The maximum absolute atomic E-state index is 12.3. The highest BCUT2D eigenvalue weighted by atomic mass is 16.5. The molecular formula is C15H18N4O2. The van der Waals surface area contributed by atoms with Gasteiger partial charge in [0.25, 0.3) is 5.91 Å². The molecule has 0 aliphatic carbocycles. The predicted molar refractivity (Wildman–Crippen MR) is 80.5 cm³/mol. The summed E-state index contributed by atoms with van der Waals surface area (Å²) < 4.78 is 5.07. The Morgan fingerprint density at radius 3 is 2.81 bits per heavy atom. The molecule has 1 aromatic carbocycles. The molecule has 0 saturated heterocycles. The number of amides is 1. The minimum atomic E-state index is -0.258. The van der Waals surface area contributed by atoms with Gasteiger partial charge in [-0.1, -0.05) is 18.2 Å². The van der Waals surface area contributed by atoms with E-state index in [1.165, 1.54) is 7.11 Å². The molecule has 0 fully saturated rings. The number of nitrogens with one attached hydrogen (secondary N) is 1. The zero-order valence-electron chi connectivity index (χ0n) is 12.1. The molecule has 21 heavy (non-hydrogen) atoms. The molecule has 0 aliphatic rings. The number of ether oxygens (including phenoxy) is 1. The molecule has 6 heteroatoms. The van der Waals surface area contributed by atoms with Gasteiger partial charge in [-0.3, -0.25) is 10.1 Å². The molecule has 0 spiro atoms. The number of nitrogens with two attached hydrogens (primary N) is 1. The van der Waals surface area contributed by atoms with Crippen molar-refractivity contribution in [1.82, 2.24) is 9.97 Å². The third-order valence-electron chi connectivity index (χ3n) is 2.94. The fourth-order valence-corrected chi connectivity index (χ4v) is 1.98. The van der Waals surface area contributed by atoms with E-state index >= 15 is 0 Å². The van der Waals surface area contributed by atoms with E-state index in [-0.39, 0.29) is 11.9 Å². The molecule has 0 radical (unpaired) electrons. The van der Waals surface area contributed by atoms with Crippen LogP contribution in [0.4, 0.5) is 5.95 Å². The van der Waals surface area contributed by atoms with E-state index in [2.05, 4.69) is 15.3 Å². The van der Waals surface area contributed by atoms with E-state index in [4.69, 9.17) is 10.5 Å². The van der Waals surface area contributed by atoms with Crippen molar-refractivity contribution in [3.63, 3.8) is 0 Å². The number of hydrogen-bond donors (Lipinski definition) is 2. The first-order chi connectivity index (χ1) is 10.1. The van der Waals surface area contributed by atoms with E-state index in [9.17, 15) is 4.79 Å². The van der Waals surface area contributed by atoms with Gasteiger partial charge in [0.15, 0.2) is 0 Å². The first-order valence-electron chi connectivity index (χ1n) is 6.63. The average Bonchev–Trinajstić information content (AvgIpc) is 2.47. The number of carbonyl (C=O) groups excluding carboxylic acids is 1. The molecule has 1 heterocycles. The largest absolute Gasteiger partial charge is 0.481 e. The van der Waals surface area contributed by atoms with Gasteiger partial charge in [0.1, 0.15) is 0 Å². The standard InChI is InChI=1S/C15H18N4O2/c1-10-9-13(21-2)18-15(17-10)19-14(20)12-6-4-3-5-11(12)7-8-16/h3-6,9H,7-8,16H2,1-2H3,(H,17,18,19,20). The molecule has 2 aromatic rings. The lowest BCUT2D eigenvalue weighted by molar-refractivity contribution is 0.102. The lowest BCUT2D eigenvalue weighted by Gasteiger charge is -2.09. The third-order valence-corrected chi connectivity index (χ3v) is 2.94. The highest BCUT2D eigenvalue weighted by molar-refractivity contribution is 6.04. The number of methoxy groups -OCH3 is 1. The molecule has 0 unspecified atom stereocenters. The van der Waals surface area contributed by atoms with Gasteiger partial charge in [-0.25, -0.2) is 4.98 Å². The molecular weight excluding hydrogens is 268 g/mol. The number of anilines is 1. The Kier molecular flexibility index (Phi) is 4.84. The van der Waals surface area contributed by atoms with Crippen LogP contribution in [0, 0.1) is 6.92 Å². The SMILES string of the molecule is COc1cc(C)nc(NC(=O)c2ccccc2CCN)n1. The molecule has 110 valence electrons. The second-order valence-electron chi connectivity index (χ2n) is 4.53. The number of nitrogens with zero attached hydrogens (tertiary/aromatic N) is 2. The Labute approximate surface area is 123 Å². The lowest BCUT2D eigenvalue weighted by atomic mass is 10.0. The predicted octanol–water partition coefficient (Wildman–Crippen LogP) is 1.55. The number of aryl methyl sites for hydroxylation is 1. The van der Waals surface area contributed by atoms with Crippen molar-refractivity contribution in [3.8, 4) is 5.88 Å². The summed E-state index contributed by atoms with van der Waals surface area (Å²) in [5, 5.41) is 2.69. The zero-order chi connectivity index (χ0) is 15.2. The van der Waals surface area contributed by atoms with Crippen LogP contribution in [0.3, 0.4) is 0 Å². The van der Waals surface area contributed by atoms with Crippen LogP contribution in [0.5, 0.6) is 5.88 Å².